The molecule has 0 amide bonds. The molecular weight excluding hydrogens is 384 g/mol. The summed E-state index contributed by atoms with van der Waals surface area (Å²) in [6, 6.07) is 18.7. The number of aliphatic hydroxyl groups excluding tert-OH is 1. The molecule has 7 heteroatoms. The number of carbonyl (C=O) groups excluding carboxylic acids is 1. The fourth-order valence-electron chi connectivity index (χ4n) is 4.56. The average Bonchev–Trinajstić information content (AvgIpc) is 3.16. The first-order chi connectivity index (χ1) is 14.5. The number of benzene rings is 2. The van der Waals surface area contributed by atoms with E-state index in [2.05, 4.69) is 5.32 Å². The Bertz CT molecular complexity index is 830. The molecule has 2 aromatic rings. The molecule has 30 heavy (non-hydrogen) atoms. The van der Waals surface area contributed by atoms with Crippen LogP contribution in [0.5, 0.6) is 0 Å². The standard InChI is InChI=1S/C23H28N2O5/c1-2-30-23(27)22(26)19-14-13-18(21(19)24-17-11-7-4-8-12-17)20(15-25(28)29)16-9-5-3-6-10-16/h3-12,18-22,24,26H,2,13-15H2,1H3/t18-,19+,20-,21-,22+/m1/s1. The maximum absolute atomic E-state index is 12.2. The number of hydrogen-bond acceptors (Lipinski definition) is 6. The predicted octanol–water partition coefficient (Wildman–Crippen LogP) is 3.48. The third-order valence-corrected chi connectivity index (χ3v) is 5.89. The smallest absolute Gasteiger partial charge is 0.335 e. The first kappa shape index (κ1) is 21.8. The van der Waals surface area contributed by atoms with Crippen LogP contribution in [-0.4, -0.2) is 41.3 Å². The van der Waals surface area contributed by atoms with Crippen molar-refractivity contribution < 1.29 is 19.6 Å². The number of nitro groups is 1. The van der Waals surface area contributed by atoms with Crippen LogP contribution >= 0.6 is 0 Å². The van der Waals surface area contributed by atoms with Gasteiger partial charge in [-0.15, -0.1) is 0 Å². The van der Waals surface area contributed by atoms with Crippen molar-refractivity contribution in [2.24, 2.45) is 11.8 Å². The van der Waals surface area contributed by atoms with Gasteiger partial charge in [0.1, 0.15) is 0 Å². The zero-order valence-corrected chi connectivity index (χ0v) is 17.0. The van der Waals surface area contributed by atoms with Crippen molar-refractivity contribution in [3.8, 4) is 0 Å². The number of rotatable bonds is 9. The summed E-state index contributed by atoms with van der Waals surface area (Å²) >= 11 is 0. The summed E-state index contributed by atoms with van der Waals surface area (Å²) in [5.41, 5.74) is 1.74. The Morgan fingerprint density at radius 2 is 1.73 bits per heavy atom. The Morgan fingerprint density at radius 1 is 1.13 bits per heavy atom. The molecule has 0 heterocycles. The van der Waals surface area contributed by atoms with E-state index in [1.807, 2.05) is 60.7 Å². The Kier molecular flexibility index (Phi) is 7.41. The normalized spacial score (nSPS) is 22.8. The number of para-hydroxylation sites is 1. The van der Waals surface area contributed by atoms with E-state index in [9.17, 15) is 20.0 Å². The number of carbonyl (C=O) groups is 1. The Labute approximate surface area is 176 Å². The van der Waals surface area contributed by atoms with Gasteiger partial charge < -0.3 is 15.2 Å². The minimum Gasteiger partial charge on any atom is -0.464 e. The molecule has 2 aromatic carbocycles. The van der Waals surface area contributed by atoms with E-state index in [1.54, 1.807) is 6.92 Å². The van der Waals surface area contributed by atoms with Gasteiger partial charge in [-0.1, -0.05) is 48.5 Å². The largest absolute Gasteiger partial charge is 0.464 e. The van der Waals surface area contributed by atoms with Gasteiger partial charge in [0, 0.05) is 22.6 Å². The second-order valence-electron chi connectivity index (χ2n) is 7.67. The van der Waals surface area contributed by atoms with Crippen LogP contribution in [0, 0.1) is 22.0 Å². The van der Waals surface area contributed by atoms with E-state index in [1.165, 1.54) is 0 Å². The third kappa shape index (κ3) is 5.16. The van der Waals surface area contributed by atoms with Crippen LogP contribution in [0.2, 0.25) is 0 Å². The Morgan fingerprint density at radius 3 is 2.33 bits per heavy atom. The molecule has 1 saturated carbocycles. The lowest BCUT2D eigenvalue weighted by Gasteiger charge is -2.32. The van der Waals surface area contributed by atoms with Crippen molar-refractivity contribution in [2.45, 2.75) is 37.8 Å². The van der Waals surface area contributed by atoms with Crippen LogP contribution in [0.3, 0.4) is 0 Å². The molecular formula is C23H28N2O5. The lowest BCUT2D eigenvalue weighted by atomic mass is 9.80. The number of aliphatic hydroxyl groups is 1. The summed E-state index contributed by atoms with van der Waals surface area (Å²) in [5, 5.41) is 25.6. The van der Waals surface area contributed by atoms with E-state index in [-0.39, 0.29) is 36.0 Å². The summed E-state index contributed by atoms with van der Waals surface area (Å²) < 4.78 is 5.03. The van der Waals surface area contributed by atoms with Crippen molar-refractivity contribution in [1.29, 1.82) is 0 Å². The maximum atomic E-state index is 12.2. The molecule has 0 unspecified atom stereocenters. The van der Waals surface area contributed by atoms with E-state index in [0.717, 1.165) is 11.3 Å². The highest BCUT2D eigenvalue weighted by atomic mass is 16.6. The van der Waals surface area contributed by atoms with Crippen molar-refractivity contribution in [3.63, 3.8) is 0 Å². The van der Waals surface area contributed by atoms with Crippen molar-refractivity contribution in [3.05, 3.63) is 76.3 Å². The number of nitrogens with one attached hydrogen (secondary N) is 1. The van der Waals surface area contributed by atoms with Crippen LogP contribution in [0.15, 0.2) is 60.7 Å². The van der Waals surface area contributed by atoms with Crippen LogP contribution in [-0.2, 0) is 9.53 Å². The lowest BCUT2D eigenvalue weighted by molar-refractivity contribution is -0.485. The Balaban J connectivity index is 1.93. The molecule has 0 aromatic heterocycles. The molecule has 1 fully saturated rings. The van der Waals surface area contributed by atoms with Gasteiger partial charge in [-0.25, -0.2) is 4.79 Å². The molecule has 5 atom stereocenters. The van der Waals surface area contributed by atoms with Gasteiger partial charge in [0.15, 0.2) is 6.10 Å². The number of hydrogen-bond donors (Lipinski definition) is 2. The van der Waals surface area contributed by atoms with Crippen LogP contribution in [0.1, 0.15) is 31.2 Å². The third-order valence-electron chi connectivity index (χ3n) is 5.89. The molecule has 0 saturated heterocycles. The summed E-state index contributed by atoms with van der Waals surface area (Å²) in [6.07, 6.45) is -0.0296. The summed E-state index contributed by atoms with van der Waals surface area (Å²) in [4.78, 5) is 23.4. The van der Waals surface area contributed by atoms with Crippen LogP contribution in [0.25, 0.3) is 0 Å². The molecule has 2 N–H and O–H groups in total. The zero-order valence-electron chi connectivity index (χ0n) is 17.0. The predicted molar refractivity (Wildman–Crippen MR) is 114 cm³/mol. The monoisotopic (exact) mass is 412 g/mol. The molecule has 0 radical (unpaired) electrons. The van der Waals surface area contributed by atoms with Gasteiger partial charge in [0.25, 0.3) is 0 Å². The highest BCUT2D eigenvalue weighted by molar-refractivity contribution is 5.75. The molecule has 3 rings (SSSR count). The zero-order chi connectivity index (χ0) is 21.5. The molecule has 160 valence electrons. The fourth-order valence-corrected chi connectivity index (χ4v) is 4.56. The van der Waals surface area contributed by atoms with Crippen molar-refractivity contribution in [1.82, 2.24) is 0 Å². The van der Waals surface area contributed by atoms with Crippen molar-refractivity contribution >= 4 is 11.7 Å². The van der Waals surface area contributed by atoms with E-state index in [0.29, 0.717) is 12.8 Å². The highest BCUT2D eigenvalue weighted by Gasteiger charge is 2.47. The quantitative estimate of drug-likeness (QED) is 0.371. The first-order valence-electron chi connectivity index (χ1n) is 10.3. The van der Waals surface area contributed by atoms with Gasteiger partial charge >= 0.3 is 5.97 Å². The maximum Gasteiger partial charge on any atom is 0.335 e. The van der Waals surface area contributed by atoms with Gasteiger partial charge in [0.05, 0.1) is 12.5 Å². The van der Waals surface area contributed by atoms with E-state index < -0.39 is 18.0 Å². The van der Waals surface area contributed by atoms with Gasteiger partial charge in [0.2, 0.25) is 6.54 Å². The number of anilines is 1. The number of esters is 1. The molecule has 1 aliphatic carbocycles. The summed E-state index contributed by atoms with van der Waals surface area (Å²) in [6.45, 7) is 1.69. The molecule has 7 nitrogen and oxygen atoms in total. The summed E-state index contributed by atoms with van der Waals surface area (Å²) in [7, 11) is 0. The second kappa shape index (κ2) is 10.2. The van der Waals surface area contributed by atoms with Gasteiger partial charge in [-0.3, -0.25) is 10.1 Å². The Hall–Kier alpha value is -2.93. The lowest BCUT2D eigenvalue weighted by Crippen LogP contribution is -2.43. The average molecular weight is 412 g/mol. The van der Waals surface area contributed by atoms with E-state index in [4.69, 9.17) is 4.74 Å². The minimum atomic E-state index is -1.27. The van der Waals surface area contributed by atoms with Crippen LogP contribution < -0.4 is 5.32 Å². The first-order valence-corrected chi connectivity index (χ1v) is 10.3. The topological polar surface area (TPSA) is 102 Å². The van der Waals surface area contributed by atoms with Gasteiger partial charge in [-0.2, -0.15) is 0 Å². The molecule has 0 aliphatic heterocycles. The second-order valence-corrected chi connectivity index (χ2v) is 7.67. The number of nitrogens with zero attached hydrogens (tertiary/aromatic N) is 1. The fraction of sp³-hybridized carbons (Fsp3) is 0.435. The van der Waals surface area contributed by atoms with Crippen molar-refractivity contribution in [2.75, 3.05) is 18.5 Å². The van der Waals surface area contributed by atoms with Gasteiger partial charge in [-0.05, 0) is 43.4 Å². The number of ether oxygens (including phenoxy) is 1. The van der Waals surface area contributed by atoms with E-state index >= 15 is 0 Å². The molecule has 0 spiro atoms. The molecule has 0 bridgehead atoms. The molecule has 1 aliphatic rings. The van der Waals surface area contributed by atoms with Crippen LogP contribution in [0.4, 0.5) is 5.69 Å². The highest BCUT2D eigenvalue weighted by Crippen LogP contribution is 2.43. The SMILES string of the molecule is CCOC(=O)[C@@H](O)[C@H]1CC[C@H]([C@H](C[N+](=O)[O-])c2ccccc2)[C@H]1Nc1ccccc1. The summed E-state index contributed by atoms with van der Waals surface area (Å²) in [5.74, 6) is -1.49. The minimum absolute atomic E-state index is 0.118.